The Morgan fingerprint density at radius 3 is 1.43 bits per heavy atom. The molecule has 9 aromatic rings. The van der Waals surface area contributed by atoms with Crippen molar-refractivity contribution in [3.63, 3.8) is 0 Å². The summed E-state index contributed by atoms with van der Waals surface area (Å²) in [6.07, 6.45) is 0. The molecule has 0 fully saturated rings. The molecule has 9 rings (SSSR count). The molecule has 0 aliphatic rings. The molecular formula is C44H26N6S. The Labute approximate surface area is 298 Å². The van der Waals surface area contributed by atoms with Crippen molar-refractivity contribution in [1.29, 1.82) is 5.26 Å². The second-order valence-electron chi connectivity index (χ2n) is 12.0. The van der Waals surface area contributed by atoms with E-state index in [2.05, 4.69) is 42.5 Å². The number of nitriles is 1. The van der Waals surface area contributed by atoms with E-state index in [1.807, 2.05) is 121 Å². The summed E-state index contributed by atoms with van der Waals surface area (Å²) in [6.45, 7) is 0. The summed E-state index contributed by atoms with van der Waals surface area (Å²) in [4.78, 5) is 25.0. The number of hydrogen-bond donors (Lipinski definition) is 0. The molecule has 0 amide bonds. The fourth-order valence-corrected chi connectivity index (χ4v) is 7.56. The highest BCUT2D eigenvalue weighted by atomic mass is 32.1. The van der Waals surface area contributed by atoms with Crippen LogP contribution >= 0.6 is 11.3 Å². The number of fused-ring (bicyclic) bond motifs is 3. The van der Waals surface area contributed by atoms with Crippen LogP contribution in [-0.4, -0.2) is 24.9 Å². The molecule has 7 heteroatoms. The molecule has 0 spiro atoms. The Hall–Kier alpha value is -6.88. The topological polar surface area (TPSA) is 88.2 Å². The summed E-state index contributed by atoms with van der Waals surface area (Å²) in [6, 6.07) is 54.7. The van der Waals surface area contributed by atoms with Gasteiger partial charge >= 0.3 is 0 Å². The van der Waals surface area contributed by atoms with Gasteiger partial charge in [-0.3, -0.25) is 0 Å². The van der Waals surface area contributed by atoms with Crippen molar-refractivity contribution in [3.05, 3.63) is 163 Å². The van der Waals surface area contributed by atoms with Gasteiger partial charge in [0.05, 0.1) is 11.4 Å². The number of benzene rings is 6. The van der Waals surface area contributed by atoms with E-state index in [-0.39, 0.29) is 0 Å². The quantitative estimate of drug-likeness (QED) is 0.175. The molecule has 6 nitrogen and oxygen atoms in total. The molecule has 0 saturated carbocycles. The van der Waals surface area contributed by atoms with E-state index in [1.165, 1.54) is 0 Å². The Balaban J connectivity index is 1.22. The SMILES string of the molecule is N#Cc1c(-c2ccccc2)nc(-c2ccc3c(c2)sc2cccc(-c4nc(-c5ccccc5)nc(-c5ccccc5)n4)c23)nc1-c1ccccc1. The highest BCUT2D eigenvalue weighted by Gasteiger charge is 2.20. The van der Waals surface area contributed by atoms with E-state index in [1.54, 1.807) is 11.3 Å². The van der Waals surface area contributed by atoms with E-state index in [4.69, 9.17) is 24.9 Å². The normalized spacial score (nSPS) is 11.1. The summed E-state index contributed by atoms with van der Waals surface area (Å²) >= 11 is 1.71. The van der Waals surface area contributed by atoms with Crippen molar-refractivity contribution in [2.24, 2.45) is 0 Å². The van der Waals surface area contributed by atoms with E-state index in [0.717, 1.165) is 53.6 Å². The first-order valence-electron chi connectivity index (χ1n) is 16.5. The van der Waals surface area contributed by atoms with Gasteiger partial charge in [0.2, 0.25) is 0 Å². The fraction of sp³-hybridized carbons (Fsp3) is 0. The zero-order chi connectivity index (χ0) is 34.1. The maximum absolute atomic E-state index is 10.3. The van der Waals surface area contributed by atoms with Crippen LogP contribution in [0.15, 0.2) is 158 Å². The lowest BCUT2D eigenvalue weighted by Crippen LogP contribution is -2.01. The first kappa shape index (κ1) is 30.2. The van der Waals surface area contributed by atoms with Crippen molar-refractivity contribution in [2.75, 3.05) is 0 Å². The maximum Gasteiger partial charge on any atom is 0.164 e. The first-order chi connectivity index (χ1) is 25.2. The van der Waals surface area contributed by atoms with Crippen LogP contribution in [-0.2, 0) is 0 Å². The molecule has 6 aromatic carbocycles. The van der Waals surface area contributed by atoms with E-state index in [9.17, 15) is 5.26 Å². The van der Waals surface area contributed by atoms with Crippen LogP contribution in [0.4, 0.5) is 0 Å². The van der Waals surface area contributed by atoms with Crippen LogP contribution < -0.4 is 0 Å². The lowest BCUT2D eigenvalue weighted by atomic mass is 10.00. The summed E-state index contributed by atoms with van der Waals surface area (Å²) < 4.78 is 2.21. The number of thiophene rings is 1. The van der Waals surface area contributed by atoms with Gasteiger partial charge in [-0.2, -0.15) is 5.26 Å². The molecule has 0 saturated heterocycles. The number of hydrogen-bond acceptors (Lipinski definition) is 7. The van der Waals surface area contributed by atoms with E-state index in [0.29, 0.717) is 40.2 Å². The molecule has 0 unspecified atom stereocenters. The van der Waals surface area contributed by atoms with Crippen LogP contribution in [0.5, 0.6) is 0 Å². The van der Waals surface area contributed by atoms with Gasteiger partial charge in [0, 0.05) is 53.6 Å². The molecule has 3 aromatic heterocycles. The van der Waals surface area contributed by atoms with Gasteiger partial charge in [-0.25, -0.2) is 24.9 Å². The highest BCUT2D eigenvalue weighted by Crippen LogP contribution is 2.41. The molecule has 238 valence electrons. The second kappa shape index (κ2) is 12.9. The average molecular weight is 671 g/mol. The maximum atomic E-state index is 10.3. The molecule has 0 atom stereocenters. The molecule has 0 bridgehead atoms. The van der Waals surface area contributed by atoms with Crippen LogP contribution in [0.25, 0.3) is 88.2 Å². The fourth-order valence-electron chi connectivity index (χ4n) is 6.39. The smallest absolute Gasteiger partial charge is 0.164 e. The summed E-state index contributed by atoms with van der Waals surface area (Å²) in [7, 11) is 0. The van der Waals surface area contributed by atoms with Gasteiger partial charge in [-0.1, -0.05) is 146 Å². The molecule has 0 aliphatic heterocycles. The third-order valence-corrected chi connectivity index (χ3v) is 9.93. The van der Waals surface area contributed by atoms with Gasteiger partial charge in [0.25, 0.3) is 0 Å². The standard InChI is InChI=1S/C44H26N6S/c45-27-35-39(28-14-5-1-6-15-28)46-43(47-40(35)29-16-7-2-8-17-29)32-24-25-33-37(26-32)51-36-23-13-22-34(38(33)36)44-49-41(30-18-9-3-10-19-30)48-42(50-44)31-20-11-4-12-21-31/h1-26H. The zero-order valence-corrected chi connectivity index (χ0v) is 27.9. The minimum absolute atomic E-state index is 0.450. The predicted molar refractivity (Wildman–Crippen MR) is 206 cm³/mol. The first-order valence-corrected chi connectivity index (χ1v) is 17.3. The highest BCUT2D eigenvalue weighted by molar-refractivity contribution is 7.26. The Morgan fingerprint density at radius 2 is 0.902 bits per heavy atom. The Kier molecular flexibility index (Phi) is 7.62. The largest absolute Gasteiger partial charge is 0.227 e. The van der Waals surface area contributed by atoms with Crippen molar-refractivity contribution >= 4 is 31.5 Å². The molecule has 0 radical (unpaired) electrons. The zero-order valence-electron chi connectivity index (χ0n) is 27.1. The lowest BCUT2D eigenvalue weighted by molar-refractivity contribution is 1.08. The number of rotatable bonds is 6. The van der Waals surface area contributed by atoms with Gasteiger partial charge in [0.1, 0.15) is 11.6 Å². The van der Waals surface area contributed by atoms with Gasteiger partial charge < -0.3 is 0 Å². The van der Waals surface area contributed by atoms with Crippen LogP contribution in [0.1, 0.15) is 5.56 Å². The molecule has 0 N–H and O–H groups in total. The van der Waals surface area contributed by atoms with Crippen LogP contribution in [0.3, 0.4) is 0 Å². The number of aromatic nitrogens is 5. The van der Waals surface area contributed by atoms with Gasteiger partial charge in [-0.05, 0) is 12.1 Å². The van der Waals surface area contributed by atoms with Crippen LogP contribution in [0, 0.1) is 11.3 Å². The number of nitrogens with zero attached hydrogens (tertiary/aromatic N) is 6. The van der Waals surface area contributed by atoms with Crippen molar-refractivity contribution in [3.8, 4) is 74.1 Å². The Morgan fingerprint density at radius 1 is 0.412 bits per heavy atom. The summed E-state index contributed by atoms with van der Waals surface area (Å²) in [5.41, 5.74) is 7.07. The minimum atomic E-state index is 0.450. The minimum Gasteiger partial charge on any atom is -0.227 e. The van der Waals surface area contributed by atoms with Crippen molar-refractivity contribution in [1.82, 2.24) is 24.9 Å². The lowest BCUT2D eigenvalue weighted by Gasteiger charge is -2.12. The molecule has 3 heterocycles. The van der Waals surface area contributed by atoms with Crippen molar-refractivity contribution in [2.45, 2.75) is 0 Å². The van der Waals surface area contributed by atoms with E-state index >= 15 is 0 Å². The van der Waals surface area contributed by atoms with Crippen LogP contribution in [0.2, 0.25) is 0 Å². The van der Waals surface area contributed by atoms with Crippen molar-refractivity contribution < 1.29 is 0 Å². The summed E-state index contributed by atoms with van der Waals surface area (Å²) in [5.74, 6) is 2.43. The molecule has 0 aliphatic carbocycles. The van der Waals surface area contributed by atoms with Gasteiger partial charge in [-0.15, -0.1) is 11.3 Å². The molecular weight excluding hydrogens is 645 g/mol. The predicted octanol–water partition coefficient (Wildman–Crippen LogP) is 10.9. The van der Waals surface area contributed by atoms with Gasteiger partial charge in [0.15, 0.2) is 23.3 Å². The third kappa shape index (κ3) is 5.60. The third-order valence-electron chi connectivity index (χ3n) is 8.81. The Bertz CT molecular complexity index is 2620. The van der Waals surface area contributed by atoms with E-state index < -0.39 is 0 Å². The summed E-state index contributed by atoms with van der Waals surface area (Å²) in [5, 5.41) is 12.5. The monoisotopic (exact) mass is 670 g/mol. The second-order valence-corrected chi connectivity index (χ2v) is 13.1. The average Bonchev–Trinajstić information content (AvgIpc) is 3.60. The molecule has 51 heavy (non-hydrogen) atoms.